The minimum Gasteiger partial charge on any atom is -0.206 e. The van der Waals surface area contributed by atoms with Crippen LogP contribution >= 0.6 is 0 Å². The van der Waals surface area contributed by atoms with Crippen LogP contribution in [0.4, 0.5) is 22.0 Å². The Hall–Kier alpha value is -1.91. The second-order valence-corrected chi connectivity index (χ2v) is 11.1. The van der Waals surface area contributed by atoms with Gasteiger partial charge < -0.3 is 0 Å². The summed E-state index contributed by atoms with van der Waals surface area (Å²) in [4.78, 5) is 0. The van der Waals surface area contributed by atoms with Gasteiger partial charge in [0.1, 0.15) is 11.6 Å². The van der Waals surface area contributed by atoms with Crippen LogP contribution in [-0.4, -0.2) is 0 Å². The topological polar surface area (TPSA) is 0 Å². The highest BCUT2D eigenvalue weighted by molar-refractivity contribution is 5.65. The smallest absolute Gasteiger partial charge is 0.194 e. The first-order valence-corrected chi connectivity index (χ1v) is 13.4. The number of hydrogen-bond acceptors (Lipinski definition) is 0. The van der Waals surface area contributed by atoms with E-state index < -0.39 is 34.6 Å². The molecule has 2 aromatic rings. The van der Waals surface area contributed by atoms with Crippen molar-refractivity contribution in [3.63, 3.8) is 0 Å². The number of halogens is 5. The second kappa shape index (κ2) is 11.4. The third kappa shape index (κ3) is 6.09. The lowest BCUT2D eigenvalue weighted by molar-refractivity contribution is 0.169. The minimum atomic E-state index is -1.65. The van der Waals surface area contributed by atoms with Gasteiger partial charge in [-0.05, 0) is 110 Å². The van der Waals surface area contributed by atoms with Gasteiger partial charge in [0.2, 0.25) is 0 Å². The Balaban J connectivity index is 1.35. The molecule has 2 aliphatic carbocycles. The molecule has 0 heterocycles. The molecule has 0 aromatic heterocycles. The van der Waals surface area contributed by atoms with Crippen LogP contribution in [-0.2, 0) is 0 Å². The summed E-state index contributed by atoms with van der Waals surface area (Å²) in [7, 11) is 0. The molecule has 1 atom stereocenters. The average Bonchev–Trinajstić information content (AvgIpc) is 2.83. The second-order valence-electron chi connectivity index (χ2n) is 11.1. The Kier molecular flexibility index (Phi) is 8.54. The summed E-state index contributed by atoms with van der Waals surface area (Å²) in [5.74, 6) is -3.12. The molecule has 0 saturated heterocycles. The molecule has 0 radical (unpaired) electrons. The maximum absolute atomic E-state index is 14.9. The van der Waals surface area contributed by atoms with E-state index in [1.807, 2.05) is 0 Å². The standard InChI is InChI=1S/C30H37F5/c1-3-4-19-5-9-21(10-6-19)18(2)13-20-7-11-22(12-8-20)23-14-25(31)29(26(32)15-23)24-16-27(33)30(35)28(34)17-24/h14-22H,3-13H2,1-2H3. The Bertz CT molecular complexity index is 954. The van der Waals surface area contributed by atoms with Crippen LogP contribution in [0.3, 0.4) is 0 Å². The molecule has 1 unspecified atom stereocenters. The monoisotopic (exact) mass is 492 g/mol. The molecule has 192 valence electrons. The summed E-state index contributed by atoms with van der Waals surface area (Å²) in [6.45, 7) is 4.68. The van der Waals surface area contributed by atoms with Crippen molar-refractivity contribution in [3.05, 3.63) is 58.9 Å². The van der Waals surface area contributed by atoms with Gasteiger partial charge in [0, 0.05) is 0 Å². The lowest BCUT2D eigenvalue weighted by Gasteiger charge is -2.36. The van der Waals surface area contributed by atoms with Crippen molar-refractivity contribution < 1.29 is 22.0 Å². The van der Waals surface area contributed by atoms with Crippen molar-refractivity contribution in [2.75, 3.05) is 0 Å². The quantitative estimate of drug-likeness (QED) is 0.266. The van der Waals surface area contributed by atoms with Crippen LogP contribution in [0.2, 0.25) is 0 Å². The molecule has 2 aliphatic rings. The molecule has 2 aromatic carbocycles. The van der Waals surface area contributed by atoms with E-state index in [1.54, 1.807) is 0 Å². The largest absolute Gasteiger partial charge is 0.206 e. The predicted octanol–water partition coefficient (Wildman–Crippen LogP) is 9.96. The van der Waals surface area contributed by atoms with Gasteiger partial charge in [0.25, 0.3) is 0 Å². The highest BCUT2D eigenvalue weighted by Crippen LogP contribution is 2.43. The van der Waals surface area contributed by atoms with E-state index in [9.17, 15) is 22.0 Å². The van der Waals surface area contributed by atoms with Crippen molar-refractivity contribution in [1.82, 2.24) is 0 Å². The Morgan fingerprint density at radius 2 is 1.26 bits per heavy atom. The zero-order valence-electron chi connectivity index (χ0n) is 20.9. The zero-order chi connectivity index (χ0) is 25.1. The normalized spacial score (nSPS) is 26.0. The molecule has 35 heavy (non-hydrogen) atoms. The molecule has 5 heteroatoms. The van der Waals surface area contributed by atoms with Crippen molar-refractivity contribution >= 4 is 0 Å². The van der Waals surface area contributed by atoms with Gasteiger partial charge in [-0.25, -0.2) is 22.0 Å². The van der Waals surface area contributed by atoms with Crippen molar-refractivity contribution in [2.24, 2.45) is 23.7 Å². The highest BCUT2D eigenvalue weighted by Gasteiger charge is 2.30. The van der Waals surface area contributed by atoms with Crippen LogP contribution in [0.1, 0.15) is 96.0 Å². The lowest BCUT2D eigenvalue weighted by atomic mass is 9.70. The van der Waals surface area contributed by atoms with Crippen LogP contribution < -0.4 is 0 Å². The molecule has 0 aliphatic heterocycles. The number of benzene rings is 2. The molecule has 0 spiro atoms. The molecule has 0 amide bonds. The van der Waals surface area contributed by atoms with E-state index >= 15 is 0 Å². The molecule has 2 saturated carbocycles. The summed E-state index contributed by atoms with van der Waals surface area (Å²) in [5, 5.41) is 0. The third-order valence-electron chi connectivity index (χ3n) is 8.75. The SMILES string of the molecule is CCCC1CCC(C(C)CC2CCC(c3cc(F)c(-c4cc(F)c(F)c(F)c4)c(F)c3)CC2)CC1. The summed E-state index contributed by atoms with van der Waals surface area (Å²) in [6, 6.07) is 3.81. The maximum Gasteiger partial charge on any atom is 0.194 e. The minimum absolute atomic E-state index is 0.0748. The van der Waals surface area contributed by atoms with E-state index in [2.05, 4.69) is 13.8 Å². The average molecular weight is 493 g/mol. The summed E-state index contributed by atoms with van der Waals surface area (Å²) in [6.07, 6.45) is 13.2. The first kappa shape index (κ1) is 26.2. The van der Waals surface area contributed by atoms with E-state index in [-0.39, 0.29) is 11.5 Å². The lowest BCUT2D eigenvalue weighted by Crippen LogP contribution is -2.23. The fourth-order valence-electron chi connectivity index (χ4n) is 6.71. The van der Waals surface area contributed by atoms with Gasteiger partial charge in [-0.1, -0.05) is 39.5 Å². The zero-order valence-corrected chi connectivity index (χ0v) is 20.9. The van der Waals surface area contributed by atoms with Crippen LogP contribution in [0.25, 0.3) is 11.1 Å². The van der Waals surface area contributed by atoms with Gasteiger partial charge >= 0.3 is 0 Å². The Labute approximate surface area is 206 Å². The first-order valence-electron chi connectivity index (χ1n) is 13.4. The Morgan fingerprint density at radius 1 is 0.714 bits per heavy atom. The van der Waals surface area contributed by atoms with E-state index in [4.69, 9.17) is 0 Å². The van der Waals surface area contributed by atoms with Crippen molar-refractivity contribution in [1.29, 1.82) is 0 Å². The molecular formula is C30H37F5. The Morgan fingerprint density at radius 3 is 1.80 bits per heavy atom. The van der Waals surface area contributed by atoms with Crippen LogP contribution in [0.5, 0.6) is 0 Å². The molecule has 0 bridgehead atoms. The first-order chi connectivity index (χ1) is 16.8. The summed E-state index contributed by atoms with van der Waals surface area (Å²) >= 11 is 0. The maximum atomic E-state index is 14.9. The predicted molar refractivity (Wildman–Crippen MR) is 131 cm³/mol. The number of hydrogen-bond donors (Lipinski definition) is 0. The van der Waals surface area contributed by atoms with Gasteiger partial charge in [0.05, 0.1) is 5.56 Å². The summed E-state index contributed by atoms with van der Waals surface area (Å²) < 4.78 is 70.2. The van der Waals surface area contributed by atoms with Gasteiger partial charge in [-0.2, -0.15) is 0 Å². The van der Waals surface area contributed by atoms with Gasteiger partial charge in [-0.15, -0.1) is 0 Å². The molecule has 4 rings (SSSR count). The van der Waals surface area contributed by atoms with Gasteiger partial charge in [-0.3, -0.25) is 0 Å². The van der Waals surface area contributed by atoms with Crippen molar-refractivity contribution in [2.45, 2.75) is 90.4 Å². The van der Waals surface area contributed by atoms with Gasteiger partial charge in [0.15, 0.2) is 17.5 Å². The highest BCUT2D eigenvalue weighted by atomic mass is 19.2. The van der Waals surface area contributed by atoms with E-state index in [0.717, 1.165) is 43.4 Å². The van der Waals surface area contributed by atoms with Crippen molar-refractivity contribution in [3.8, 4) is 11.1 Å². The molecule has 0 nitrogen and oxygen atoms in total. The fraction of sp³-hybridized carbons (Fsp3) is 0.600. The van der Waals surface area contributed by atoms with E-state index in [1.165, 1.54) is 57.1 Å². The fourth-order valence-corrected chi connectivity index (χ4v) is 6.71. The van der Waals surface area contributed by atoms with Crippen LogP contribution in [0.15, 0.2) is 24.3 Å². The molecular weight excluding hydrogens is 455 g/mol. The van der Waals surface area contributed by atoms with Crippen LogP contribution in [0, 0.1) is 52.8 Å². The molecule has 0 N–H and O–H groups in total. The third-order valence-corrected chi connectivity index (χ3v) is 8.75. The van der Waals surface area contributed by atoms with E-state index in [0.29, 0.717) is 23.6 Å². The summed E-state index contributed by atoms with van der Waals surface area (Å²) in [5.41, 5.74) is -0.278. The molecule has 2 fully saturated rings. The number of rotatable bonds is 7.